The lowest BCUT2D eigenvalue weighted by Gasteiger charge is -2.56. The van der Waals surface area contributed by atoms with Crippen molar-refractivity contribution in [3.8, 4) is 0 Å². The Bertz CT molecular complexity index is 546. The molecule has 0 aliphatic heterocycles. The molecule has 0 aromatic heterocycles. The fourth-order valence-electron chi connectivity index (χ4n) is 6.25. The van der Waals surface area contributed by atoms with Crippen LogP contribution < -0.4 is 0 Å². The van der Waals surface area contributed by atoms with Crippen molar-refractivity contribution in [1.82, 2.24) is 0 Å². The average molecular weight is 286 g/mol. The monoisotopic (exact) mass is 286 g/mol. The van der Waals surface area contributed by atoms with E-state index in [1.165, 1.54) is 12.0 Å². The number of carbonyl (C=O) groups excluding carboxylic acids is 2. The number of carbonyl (C=O) groups is 2. The largest absolute Gasteiger partial charge is 0.299 e. The zero-order chi connectivity index (χ0) is 14.8. The molecule has 0 radical (unpaired) electrons. The highest BCUT2D eigenvalue weighted by Crippen LogP contribution is 2.63. The van der Waals surface area contributed by atoms with Crippen LogP contribution in [0.2, 0.25) is 0 Å². The highest BCUT2D eigenvalue weighted by atomic mass is 16.1. The van der Waals surface area contributed by atoms with Crippen LogP contribution in [0.1, 0.15) is 65.2 Å². The minimum absolute atomic E-state index is 0.0344. The van der Waals surface area contributed by atoms with Crippen molar-refractivity contribution in [2.45, 2.75) is 65.2 Å². The first kappa shape index (κ1) is 13.7. The third-order valence-electron chi connectivity index (χ3n) is 7.65. The molecule has 2 heteroatoms. The van der Waals surface area contributed by atoms with Crippen molar-refractivity contribution in [3.63, 3.8) is 0 Å². The number of hydrogen-bond donors (Lipinski definition) is 0. The number of hydrogen-bond acceptors (Lipinski definition) is 2. The molecule has 3 saturated carbocycles. The minimum atomic E-state index is -0.0344. The van der Waals surface area contributed by atoms with E-state index in [-0.39, 0.29) is 10.8 Å². The fraction of sp³-hybridized carbons (Fsp3) is 0.789. The summed E-state index contributed by atoms with van der Waals surface area (Å²) in [4.78, 5) is 24.2. The van der Waals surface area contributed by atoms with E-state index in [9.17, 15) is 9.59 Å². The summed E-state index contributed by atoms with van der Waals surface area (Å²) in [6.45, 7) is 4.64. The molecule has 0 spiro atoms. The summed E-state index contributed by atoms with van der Waals surface area (Å²) in [6.07, 6.45) is 10.2. The maximum absolute atomic E-state index is 12.4. The molecular weight excluding hydrogens is 260 g/mol. The molecule has 4 aliphatic rings. The molecule has 4 aliphatic carbocycles. The third kappa shape index (κ3) is 1.71. The Kier molecular flexibility index (Phi) is 2.81. The number of Topliss-reactive ketones (excluding diaryl/α,β-unsaturated/α-hetero) is 2. The summed E-state index contributed by atoms with van der Waals surface area (Å²) in [5, 5.41) is 0. The summed E-state index contributed by atoms with van der Waals surface area (Å²) in [6, 6.07) is 0. The second-order valence-electron chi connectivity index (χ2n) is 8.39. The molecule has 0 saturated heterocycles. The van der Waals surface area contributed by atoms with Crippen LogP contribution in [0.4, 0.5) is 0 Å². The number of rotatable bonds is 0. The van der Waals surface area contributed by atoms with Gasteiger partial charge in [0.25, 0.3) is 0 Å². The van der Waals surface area contributed by atoms with Crippen LogP contribution in [-0.2, 0) is 9.59 Å². The smallest absolute Gasteiger partial charge is 0.139 e. The Morgan fingerprint density at radius 3 is 2.57 bits per heavy atom. The first-order valence-corrected chi connectivity index (χ1v) is 8.70. The van der Waals surface area contributed by atoms with Crippen molar-refractivity contribution in [3.05, 3.63) is 11.6 Å². The van der Waals surface area contributed by atoms with Crippen molar-refractivity contribution in [1.29, 1.82) is 0 Å². The lowest BCUT2D eigenvalue weighted by Crippen LogP contribution is -2.50. The molecule has 21 heavy (non-hydrogen) atoms. The van der Waals surface area contributed by atoms with Crippen molar-refractivity contribution >= 4 is 11.6 Å². The third-order valence-corrected chi connectivity index (χ3v) is 7.65. The fourth-order valence-corrected chi connectivity index (χ4v) is 6.25. The van der Waals surface area contributed by atoms with Crippen molar-refractivity contribution < 1.29 is 9.59 Å². The molecule has 0 unspecified atom stereocenters. The second-order valence-corrected chi connectivity index (χ2v) is 8.39. The molecular formula is C19H26O2. The van der Waals surface area contributed by atoms with Crippen LogP contribution in [0, 0.1) is 28.6 Å². The molecule has 0 aromatic rings. The number of fused-ring (bicyclic) bond motifs is 5. The van der Waals surface area contributed by atoms with Crippen LogP contribution in [0.3, 0.4) is 0 Å². The zero-order valence-electron chi connectivity index (χ0n) is 13.3. The van der Waals surface area contributed by atoms with Gasteiger partial charge in [0.15, 0.2) is 0 Å². The summed E-state index contributed by atoms with van der Waals surface area (Å²) in [5.74, 6) is 2.92. The summed E-state index contributed by atoms with van der Waals surface area (Å²) < 4.78 is 0. The van der Waals surface area contributed by atoms with Gasteiger partial charge in [0.2, 0.25) is 0 Å². The van der Waals surface area contributed by atoms with Crippen LogP contribution >= 0.6 is 0 Å². The highest BCUT2D eigenvalue weighted by Gasteiger charge is 2.58. The van der Waals surface area contributed by atoms with Gasteiger partial charge in [0.1, 0.15) is 11.6 Å². The molecule has 0 heterocycles. The van der Waals surface area contributed by atoms with E-state index in [1.807, 2.05) is 0 Å². The highest BCUT2D eigenvalue weighted by molar-refractivity contribution is 5.87. The minimum Gasteiger partial charge on any atom is -0.299 e. The van der Waals surface area contributed by atoms with E-state index in [0.717, 1.165) is 38.5 Å². The topological polar surface area (TPSA) is 34.1 Å². The maximum Gasteiger partial charge on any atom is 0.139 e. The molecule has 0 amide bonds. The number of allylic oxidation sites excluding steroid dienone is 2. The van der Waals surface area contributed by atoms with E-state index in [4.69, 9.17) is 0 Å². The predicted molar refractivity (Wildman–Crippen MR) is 81.7 cm³/mol. The van der Waals surface area contributed by atoms with Gasteiger partial charge in [0, 0.05) is 24.7 Å². The van der Waals surface area contributed by atoms with Gasteiger partial charge >= 0.3 is 0 Å². The van der Waals surface area contributed by atoms with Gasteiger partial charge in [-0.15, -0.1) is 0 Å². The van der Waals surface area contributed by atoms with Gasteiger partial charge < -0.3 is 0 Å². The van der Waals surface area contributed by atoms with Gasteiger partial charge in [-0.2, -0.15) is 0 Å². The van der Waals surface area contributed by atoms with E-state index in [0.29, 0.717) is 35.7 Å². The van der Waals surface area contributed by atoms with E-state index >= 15 is 0 Å². The first-order valence-electron chi connectivity index (χ1n) is 8.70. The molecule has 0 aromatic carbocycles. The Morgan fingerprint density at radius 2 is 1.76 bits per heavy atom. The molecule has 2 nitrogen and oxygen atoms in total. The Morgan fingerprint density at radius 1 is 1.00 bits per heavy atom. The van der Waals surface area contributed by atoms with E-state index < -0.39 is 0 Å². The van der Waals surface area contributed by atoms with Gasteiger partial charge in [-0.1, -0.05) is 25.5 Å². The predicted octanol–water partition coefficient (Wildman–Crippen LogP) is 4.09. The van der Waals surface area contributed by atoms with Crippen molar-refractivity contribution in [2.75, 3.05) is 0 Å². The molecule has 0 bridgehead atoms. The Labute approximate surface area is 127 Å². The quantitative estimate of drug-likeness (QED) is 0.629. The van der Waals surface area contributed by atoms with Gasteiger partial charge in [-0.25, -0.2) is 0 Å². The van der Waals surface area contributed by atoms with Crippen LogP contribution in [0.15, 0.2) is 11.6 Å². The number of ketones is 2. The molecule has 0 N–H and O–H groups in total. The van der Waals surface area contributed by atoms with Crippen LogP contribution in [0.5, 0.6) is 0 Å². The molecule has 114 valence electrons. The van der Waals surface area contributed by atoms with Gasteiger partial charge in [0.05, 0.1) is 0 Å². The Hall–Kier alpha value is -0.920. The van der Waals surface area contributed by atoms with Crippen LogP contribution in [0.25, 0.3) is 0 Å². The molecule has 3 fully saturated rings. The lowest BCUT2D eigenvalue weighted by atomic mass is 9.48. The normalized spacial score (nSPS) is 49.2. The van der Waals surface area contributed by atoms with Gasteiger partial charge in [-0.3, -0.25) is 9.59 Å². The first-order chi connectivity index (χ1) is 9.95. The van der Waals surface area contributed by atoms with Crippen molar-refractivity contribution in [2.24, 2.45) is 28.6 Å². The standard InChI is InChI=1S/C19H26O2/c1-18-9-7-13(20)11-12(18)3-4-14-15-5-6-17(21)19(15,2)10-8-16(14)18/h3,14-16H,4-11H2,1-2H3/t14-,15-,16+,18-,19-/m0/s1. The average Bonchev–Trinajstić information content (AvgIpc) is 2.76. The molecule has 5 atom stereocenters. The second kappa shape index (κ2) is 4.30. The van der Waals surface area contributed by atoms with E-state index in [1.54, 1.807) is 0 Å². The van der Waals surface area contributed by atoms with Gasteiger partial charge in [-0.05, 0) is 55.3 Å². The van der Waals surface area contributed by atoms with Crippen LogP contribution in [-0.4, -0.2) is 11.6 Å². The molecule has 4 rings (SSSR count). The summed E-state index contributed by atoms with van der Waals surface area (Å²) in [7, 11) is 0. The summed E-state index contributed by atoms with van der Waals surface area (Å²) in [5.41, 5.74) is 1.63. The van der Waals surface area contributed by atoms with E-state index in [2.05, 4.69) is 19.9 Å². The Balaban J connectivity index is 1.71. The zero-order valence-corrected chi connectivity index (χ0v) is 13.3. The lowest BCUT2D eigenvalue weighted by molar-refractivity contribution is -0.132. The SMILES string of the molecule is C[C@]12CCC(=O)CC1=CC[C@@H]1[C@H]2CC[C@]2(C)C(=O)CC[C@@H]12. The maximum atomic E-state index is 12.4. The summed E-state index contributed by atoms with van der Waals surface area (Å²) >= 11 is 0.